The second-order valence-corrected chi connectivity index (χ2v) is 22.2. The Labute approximate surface area is 454 Å². The second kappa shape index (κ2) is 29.6. The summed E-state index contributed by atoms with van der Waals surface area (Å²) in [6, 6.07) is -1.22. The zero-order valence-electron chi connectivity index (χ0n) is 46.8. The number of aliphatic hydroxyl groups is 4. The minimum absolute atomic E-state index is 0.0142. The number of aliphatic hydroxyl groups excluding tert-OH is 3. The van der Waals surface area contributed by atoms with Gasteiger partial charge in [-0.3, -0.25) is 19.2 Å². The molecule has 18 atom stereocenters. The van der Waals surface area contributed by atoms with Gasteiger partial charge in [0, 0.05) is 58.5 Å². The van der Waals surface area contributed by atoms with Gasteiger partial charge in [-0.15, -0.1) is 0 Å². The number of carbonyl (C=O) groups is 6. The van der Waals surface area contributed by atoms with Crippen molar-refractivity contribution in [3.05, 3.63) is 59.9 Å². The molecule has 0 aromatic heterocycles. The molecule has 1 amide bonds. The summed E-state index contributed by atoms with van der Waals surface area (Å²) in [5, 5.41) is 43.6. The Morgan fingerprint density at radius 1 is 0.844 bits per heavy atom. The number of methoxy groups -OCH3 is 3. The van der Waals surface area contributed by atoms with Crippen LogP contribution in [0.2, 0.25) is 0 Å². The van der Waals surface area contributed by atoms with Gasteiger partial charge in [0.25, 0.3) is 11.7 Å². The van der Waals surface area contributed by atoms with E-state index in [0.717, 1.165) is 10.5 Å². The number of allylic oxidation sites excluding steroid dienone is 6. The number of carbonyl (C=O) groups excluding carboxylic acids is 6. The molecular weight excluding hydrogens is 999 g/mol. The van der Waals surface area contributed by atoms with Crippen LogP contribution in [0.4, 0.5) is 4.79 Å². The topological polar surface area (TPSA) is 260 Å². The van der Waals surface area contributed by atoms with Crippen LogP contribution >= 0.6 is 0 Å². The first kappa shape index (κ1) is 63.2. The first-order valence-electron chi connectivity index (χ1n) is 27.5. The lowest BCUT2D eigenvalue weighted by atomic mass is 9.78. The molecule has 3 fully saturated rings. The van der Waals surface area contributed by atoms with Gasteiger partial charge in [0.2, 0.25) is 5.79 Å². The van der Waals surface area contributed by atoms with Gasteiger partial charge in [-0.25, -0.2) is 9.59 Å². The standard InChI is InChI=1S/C58H87NO18/c1-33-16-12-11-13-17-34(2)46(70-8)30-41-21-19-39(7)58(69,77-41)54(65)55(66)59-24-15-14-18-42(59)56(67)74-47(31-44(62)35(3)27-38(6)51(64)53(72-10)50(63)37(5)26-33)36(4)28-40-20-22-45(48(29-40)71-9)75-57(68)76-52-43(61)23-25-73-49(52)32-60/h11-13,16-17,23,25,27,33,35-37,39-43,45-49,51-53,60-61,64,69H,14-15,18-22,24,26,28-32H2,1-10H3/b13-11+,16-12+,34-17+,38-27+/t33-,35-,36-,37-,39-,40?,41+,42?,43-,45-,46+,47+,48-,49-,51-,52+,53+,58-/m1/s1. The molecule has 1 aliphatic carbocycles. The minimum atomic E-state index is -2.48. The first-order valence-corrected chi connectivity index (χ1v) is 27.5. The Bertz CT molecular complexity index is 2170. The fourth-order valence-electron chi connectivity index (χ4n) is 11.4. The van der Waals surface area contributed by atoms with Crippen LogP contribution in [0.3, 0.4) is 0 Å². The molecule has 19 heteroatoms. The quantitative estimate of drug-likeness (QED) is 0.118. The molecule has 0 spiro atoms. The summed E-state index contributed by atoms with van der Waals surface area (Å²) in [7, 11) is 4.40. The highest BCUT2D eigenvalue weighted by Gasteiger charge is 2.53. The third-order valence-corrected chi connectivity index (χ3v) is 16.3. The zero-order valence-corrected chi connectivity index (χ0v) is 46.8. The van der Waals surface area contributed by atoms with Crippen LogP contribution in [-0.2, 0) is 61.9 Å². The molecule has 5 aliphatic rings. The fraction of sp³-hybridized carbons (Fsp3) is 0.724. The van der Waals surface area contributed by atoms with Crippen molar-refractivity contribution in [2.45, 2.75) is 198 Å². The normalized spacial score (nSPS) is 39.6. The van der Waals surface area contributed by atoms with Crippen molar-refractivity contribution in [3.63, 3.8) is 0 Å². The maximum Gasteiger partial charge on any atom is 0.509 e. The SMILES string of the molecule is CO[C@H]1C[C@@H]2CC[C@@H](C)[C@@](O)(O2)C(=O)C(=O)N2CCCCC2C(=O)O[C@H]([C@H](C)CC2CC[C@@H](OC(=O)O[C@H]3[C@H](O)C=CO[C@@H]3CO)[C@H](OC)C2)CC(=O)[C@H](C)/C=C(\C)[C@@H](O)[C@@H](OC)C(=O)[C@H](C)C[C@H](C)/C=C/C=C/C=C/1C. The van der Waals surface area contributed by atoms with E-state index in [9.17, 15) is 49.2 Å². The van der Waals surface area contributed by atoms with E-state index < -0.39 is 127 Å². The van der Waals surface area contributed by atoms with Crippen molar-refractivity contribution >= 4 is 35.4 Å². The Kier molecular flexibility index (Phi) is 24.3. The molecule has 77 heavy (non-hydrogen) atoms. The molecule has 5 rings (SSSR count). The predicted molar refractivity (Wildman–Crippen MR) is 281 cm³/mol. The van der Waals surface area contributed by atoms with Crippen molar-refractivity contribution < 1.29 is 87.1 Å². The maximum atomic E-state index is 14.6. The van der Waals surface area contributed by atoms with Crippen LogP contribution in [0.1, 0.15) is 126 Å². The summed E-state index contributed by atoms with van der Waals surface area (Å²) in [5.41, 5.74) is 1.20. The number of amides is 1. The summed E-state index contributed by atoms with van der Waals surface area (Å²) >= 11 is 0. The van der Waals surface area contributed by atoms with Gasteiger partial charge in [-0.1, -0.05) is 71.1 Å². The third-order valence-electron chi connectivity index (χ3n) is 16.3. The van der Waals surface area contributed by atoms with Crippen molar-refractivity contribution in [3.8, 4) is 0 Å². The molecule has 2 unspecified atom stereocenters. The van der Waals surface area contributed by atoms with Crippen LogP contribution in [-0.4, -0.2) is 168 Å². The summed E-state index contributed by atoms with van der Waals surface area (Å²) in [6.45, 7) is 12.0. The summed E-state index contributed by atoms with van der Waals surface area (Å²) < 4.78 is 46.1. The molecule has 0 aromatic rings. The number of cyclic esters (lactones) is 1. The van der Waals surface area contributed by atoms with E-state index in [1.165, 1.54) is 26.6 Å². The van der Waals surface area contributed by atoms with Crippen LogP contribution in [0.15, 0.2) is 59.9 Å². The van der Waals surface area contributed by atoms with Crippen molar-refractivity contribution in [2.24, 2.45) is 35.5 Å². The van der Waals surface area contributed by atoms with E-state index in [2.05, 4.69) is 0 Å². The number of fused-ring (bicyclic) bond motifs is 3. The van der Waals surface area contributed by atoms with E-state index in [0.29, 0.717) is 63.4 Å². The highest BCUT2D eigenvalue weighted by molar-refractivity contribution is 6.39. The number of ketones is 3. The zero-order chi connectivity index (χ0) is 56.7. The van der Waals surface area contributed by atoms with E-state index in [1.54, 1.807) is 40.9 Å². The molecule has 4 N–H and O–H groups in total. The van der Waals surface area contributed by atoms with E-state index in [1.807, 2.05) is 51.2 Å². The third kappa shape index (κ3) is 16.7. The van der Waals surface area contributed by atoms with Gasteiger partial charge in [0.05, 0.1) is 31.2 Å². The molecule has 19 nitrogen and oxygen atoms in total. The minimum Gasteiger partial charge on any atom is -0.492 e. The molecule has 0 radical (unpaired) electrons. The lowest BCUT2D eigenvalue weighted by molar-refractivity contribution is -0.265. The van der Waals surface area contributed by atoms with E-state index in [-0.39, 0.29) is 49.2 Å². The Morgan fingerprint density at radius 3 is 2.27 bits per heavy atom. The summed E-state index contributed by atoms with van der Waals surface area (Å²) in [6.07, 6.45) is 7.34. The number of hydrogen-bond donors (Lipinski definition) is 4. The summed E-state index contributed by atoms with van der Waals surface area (Å²) in [5.74, 6) is -8.78. The van der Waals surface area contributed by atoms with Gasteiger partial charge in [0.15, 0.2) is 18.0 Å². The predicted octanol–water partition coefficient (Wildman–Crippen LogP) is 5.98. The van der Waals surface area contributed by atoms with Crippen LogP contribution in [0, 0.1) is 35.5 Å². The maximum absolute atomic E-state index is 14.6. The molecule has 4 aliphatic heterocycles. The fourth-order valence-corrected chi connectivity index (χ4v) is 11.4. The molecule has 2 saturated heterocycles. The monoisotopic (exact) mass is 1090 g/mol. The van der Waals surface area contributed by atoms with Gasteiger partial charge in [-0.05, 0) is 113 Å². The molecule has 1 saturated carbocycles. The number of ether oxygens (including phenoxy) is 8. The van der Waals surface area contributed by atoms with E-state index in [4.69, 9.17) is 37.9 Å². The Morgan fingerprint density at radius 2 is 1.58 bits per heavy atom. The van der Waals surface area contributed by atoms with Gasteiger partial charge in [0.1, 0.15) is 42.3 Å². The van der Waals surface area contributed by atoms with Crippen molar-refractivity contribution in [1.29, 1.82) is 0 Å². The molecule has 0 aromatic carbocycles. The average Bonchev–Trinajstić information content (AvgIpc) is 3.41. The van der Waals surface area contributed by atoms with Crippen LogP contribution in [0.5, 0.6) is 0 Å². The van der Waals surface area contributed by atoms with Gasteiger partial charge >= 0.3 is 12.1 Å². The summed E-state index contributed by atoms with van der Waals surface area (Å²) in [4.78, 5) is 85.6. The molecular formula is C58H87NO18. The Balaban J connectivity index is 1.42. The van der Waals surface area contributed by atoms with Crippen molar-refractivity contribution in [1.82, 2.24) is 4.90 Å². The average molecular weight is 1090 g/mol. The lowest BCUT2D eigenvalue weighted by Gasteiger charge is -2.42. The number of piperidine rings is 1. The molecule has 2 bridgehead atoms. The highest BCUT2D eigenvalue weighted by atomic mass is 16.7. The first-order chi connectivity index (χ1) is 36.6. The molecule has 4 heterocycles. The van der Waals surface area contributed by atoms with Crippen LogP contribution < -0.4 is 0 Å². The number of Topliss-reactive ketones (excluding diaryl/α,β-unsaturated/α-hetero) is 3. The van der Waals surface area contributed by atoms with E-state index >= 15 is 0 Å². The number of hydrogen-bond acceptors (Lipinski definition) is 18. The van der Waals surface area contributed by atoms with Gasteiger partial charge in [-0.2, -0.15) is 0 Å². The largest absolute Gasteiger partial charge is 0.509 e. The lowest BCUT2D eigenvalue weighted by Crippen LogP contribution is -2.61. The highest BCUT2D eigenvalue weighted by Crippen LogP contribution is 2.38. The Hall–Kier alpha value is -4.60. The number of nitrogens with zero attached hydrogens (tertiary/aromatic N) is 1. The van der Waals surface area contributed by atoms with Crippen LogP contribution in [0.25, 0.3) is 0 Å². The van der Waals surface area contributed by atoms with Crippen molar-refractivity contribution in [2.75, 3.05) is 34.5 Å². The van der Waals surface area contributed by atoms with Gasteiger partial charge < -0.3 is 63.2 Å². The number of rotatable bonds is 9. The molecule has 432 valence electrons. The number of esters is 1. The second-order valence-electron chi connectivity index (χ2n) is 22.2. The smallest absolute Gasteiger partial charge is 0.492 e.